The largest absolute Gasteiger partial charge is 0.222 e. The summed E-state index contributed by atoms with van der Waals surface area (Å²) in [4.78, 5) is 2.86. The molecule has 4 aromatic carbocycles. The van der Waals surface area contributed by atoms with Gasteiger partial charge in [0.2, 0.25) is 5.69 Å². The summed E-state index contributed by atoms with van der Waals surface area (Å²) in [6.45, 7) is 11.6. The minimum Gasteiger partial charge on any atom is -0.200 e. The second-order valence-electron chi connectivity index (χ2n) is 10.6. The van der Waals surface area contributed by atoms with Crippen LogP contribution in [-0.4, -0.2) is 0 Å². The highest BCUT2D eigenvalue weighted by Gasteiger charge is 2.33. The van der Waals surface area contributed by atoms with Crippen LogP contribution in [0.4, 0.5) is 0 Å². The number of fused-ring (bicyclic) bond motifs is 5. The third-order valence-electron chi connectivity index (χ3n) is 7.38. The van der Waals surface area contributed by atoms with Crippen molar-refractivity contribution >= 4 is 44.1 Å². The number of rotatable bonds is 3. The van der Waals surface area contributed by atoms with Gasteiger partial charge in [0.25, 0.3) is 0 Å². The monoisotopic (exact) mass is 462 g/mol. The maximum absolute atomic E-state index is 2.42. The molecule has 5 aromatic rings. The Hall–Kier alpha value is -2.84. The summed E-state index contributed by atoms with van der Waals surface area (Å²) in [5.41, 5.74) is 7.09. The van der Waals surface area contributed by atoms with Gasteiger partial charge in [-0.2, -0.15) is 0 Å². The highest BCUT2D eigenvalue weighted by molar-refractivity contribution is 8.00. The van der Waals surface area contributed by atoms with Gasteiger partial charge in [0.05, 0.1) is 10.9 Å². The fourth-order valence-corrected chi connectivity index (χ4v) is 7.57. The van der Waals surface area contributed by atoms with Crippen molar-refractivity contribution in [1.82, 2.24) is 0 Å². The fourth-order valence-electron chi connectivity index (χ4n) is 5.94. The van der Waals surface area contributed by atoms with Crippen LogP contribution in [0.2, 0.25) is 0 Å². The van der Waals surface area contributed by atoms with Gasteiger partial charge >= 0.3 is 0 Å². The fraction of sp³-hybridized carbons (Fsp3) is 0.281. The summed E-state index contributed by atoms with van der Waals surface area (Å²) in [6.07, 6.45) is 3.37. The van der Waals surface area contributed by atoms with Crippen molar-refractivity contribution in [2.45, 2.75) is 56.7 Å². The first-order valence-corrected chi connectivity index (χ1v) is 13.3. The molecule has 0 saturated heterocycles. The Bertz CT molecular complexity index is 1620. The van der Waals surface area contributed by atoms with E-state index in [1.54, 1.807) is 0 Å². The molecule has 1 nitrogen and oxygen atoms in total. The first kappa shape index (κ1) is 21.7. The number of aryl methyl sites for hydroxylation is 2. The van der Waals surface area contributed by atoms with Gasteiger partial charge in [-0.3, -0.25) is 0 Å². The van der Waals surface area contributed by atoms with Crippen LogP contribution in [0.3, 0.4) is 0 Å². The molecule has 0 radical (unpaired) electrons. The molecule has 0 bridgehead atoms. The molecule has 2 heterocycles. The van der Waals surface area contributed by atoms with Crippen LogP contribution < -0.4 is 4.57 Å². The molecular formula is C32H32NS+. The quantitative estimate of drug-likeness (QED) is 0.188. The normalized spacial score (nSPS) is 12.9. The van der Waals surface area contributed by atoms with Gasteiger partial charge in [0.1, 0.15) is 7.05 Å². The molecule has 1 aliphatic rings. The molecule has 170 valence electrons. The first-order chi connectivity index (χ1) is 16.3. The SMILES string of the molecule is Cc1c2c(c(C(C)C)c3ccccc13)Sc1c3ccc(CC(C)C)cc3cc3cc[n+](C)c-2c13. The molecule has 0 aliphatic carbocycles. The summed E-state index contributed by atoms with van der Waals surface area (Å²) in [7, 11) is 2.21. The zero-order valence-corrected chi connectivity index (χ0v) is 21.8. The zero-order valence-electron chi connectivity index (χ0n) is 21.0. The molecule has 0 amide bonds. The molecule has 34 heavy (non-hydrogen) atoms. The van der Waals surface area contributed by atoms with Crippen LogP contribution in [0.1, 0.15) is 50.3 Å². The van der Waals surface area contributed by atoms with Crippen LogP contribution >= 0.6 is 11.8 Å². The van der Waals surface area contributed by atoms with Gasteiger partial charge in [-0.05, 0) is 74.9 Å². The van der Waals surface area contributed by atoms with Crippen molar-refractivity contribution in [1.29, 1.82) is 0 Å². The van der Waals surface area contributed by atoms with Gasteiger partial charge in [-0.25, -0.2) is 4.57 Å². The lowest BCUT2D eigenvalue weighted by atomic mass is 9.87. The topological polar surface area (TPSA) is 3.88 Å². The third kappa shape index (κ3) is 3.11. The maximum atomic E-state index is 2.42. The van der Waals surface area contributed by atoms with Crippen molar-refractivity contribution in [3.8, 4) is 11.3 Å². The lowest BCUT2D eigenvalue weighted by molar-refractivity contribution is -0.659. The van der Waals surface area contributed by atoms with E-state index in [-0.39, 0.29) is 0 Å². The van der Waals surface area contributed by atoms with Crippen LogP contribution in [0.5, 0.6) is 0 Å². The van der Waals surface area contributed by atoms with Gasteiger partial charge in [0, 0.05) is 15.9 Å². The van der Waals surface area contributed by atoms with Crippen molar-refractivity contribution in [2.75, 3.05) is 0 Å². The molecular weight excluding hydrogens is 430 g/mol. The van der Waals surface area contributed by atoms with Crippen LogP contribution in [0.25, 0.3) is 43.6 Å². The second-order valence-corrected chi connectivity index (χ2v) is 11.7. The molecule has 0 spiro atoms. The van der Waals surface area contributed by atoms with E-state index in [2.05, 4.69) is 107 Å². The summed E-state index contributed by atoms with van der Waals surface area (Å²) in [6, 6.07) is 20.8. The number of hydrogen-bond donors (Lipinski definition) is 0. The Morgan fingerprint density at radius 1 is 0.824 bits per heavy atom. The van der Waals surface area contributed by atoms with Gasteiger partial charge in [-0.1, -0.05) is 81.9 Å². The van der Waals surface area contributed by atoms with Crippen molar-refractivity contribution in [2.24, 2.45) is 13.0 Å². The van der Waals surface area contributed by atoms with E-state index in [0.29, 0.717) is 11.8 Å². The van der Waals surface area contributed by atoms with E-state index in [4.69, 9.17) is 0 Å². The molecule has 1 aliphatic heterocycles. The van der Waals surface area contributed by atoms with Crippen LogP contribution in [0.15, 0.2) is 70.6 Å². The average Bonchev–Trinajstić information content (AvgIpc) is 2.80. The third-order valence-corrected chi connectivity index (χ3v) is 8.64. The molecule has 1 aromatic heterocycles. The number of hydrogen-bond acceptors (Lipinski definition) is 1. The molecule has 0 atom stereocenters. The number of aromatic nitrogens is 1. The Morgan fingerprint density at radius 3 is 2.32 bits per heavy atom. The highest BCUT2D eigenvalue weighted by Crippen LogP contribution is 2.54. The van der Waals surface area contributed by atoms with Crippen molar-refractivity contribution in [3.63, 3.8) is 0 Å². The van der Waals surface area contributed by atoms with Gasteiger partial charge < -0.3 is 0 Å². The molecule has 0 saturated carbocycles. The standard InChI is InChI=1S/C32H32NS/c1-18(2)15-21-11-12-25-23(16-21)17-22-13-14-33(6)30-28-20(5)24-9-7-8-10-26(24)27(19(3)4)32(28)34-31(25)29(22)30/h7-14,16-19H,15H2,1-6H3/q+1. The first-order valence-electron chi connectivity index (χ1n) is 12.5. The molecule has 2 heteroatoms. The Kier molecular flexibility index (Phi) is 5.00. The minimum absolute atomic E-state index is 0.449. The van der Waals surface area contributed by atoms with E-state index in [1.165, 1.54) is 70.1 Å². The number of benzene rings is 4. The highest BCUT2D eigenvalue weighted by atomic mass is 32.2. The maximum Gasteiger partial charge on any atom is 0.222 e. The predicted molar refractivity (Wildman–Crippen MR) is 147 cm³/mol. The van der Waals surface area contributed by atoms with Crippen LogP contribution in [0, 0.1) is 12.8 Å². The Labute approximate surface area is 206 Å². The number of nitrogens with zero attached hydrogens (tertiary/aromatic N) is 1. The van der Waals surface area contributed by atoms with E-state index in [9.17, 15) is 0 Å². The summed E-state index contributed by atoms with van der Waals surface area (Å²) >= 11 is 2.00. The Morgan fingerprint density at radius 2 is 1.59 bits per heavy atom. The van der Waals surface area contributed by atoms with Crippen molar-refractivity contribution < 1.29 is 4.57 Å². The lowest BCUT2D eigenvalue weighted by Crippen LogP contribution is -2.32. The van der Waals surface area contributed by atoms with E-state index < -0.39 is 0 Å². The predicted octanol–water partition coefficient (Wildman–Crippen LogP) is 8.73. The summed E-state index contributed by atoms with van der Waals surface area (Å²) < 4.78 is 2.34. The summed E-state index contributed by atoms with van der Waals surface area (Å²) in [5.74, 6) is 1.11. The molecule has 6 rings (SSSR count). The van der Waals surface area contributed by atoms with E-state index in [0.717, 1.165) is 6.42 Å². The van der Waals surface area contributed by atoms with E-state index >= 15 is 0 Å². The smallest absolute Gasteiger partial charge is 0.200 e. The second kappa shape index (κ2) is 7.85. The van der Waals surface area contributed by atoms with E-state index in [1.807, 2.05) is 11.8 Å². The van der Waals surface area contributed by atoms with Crippen molar-refractivity contribution in [3.05, 3.63) is 77.5 Å². The molecule has 0 unspecified atom stereocenters. The Balaban J connectivity index is 1.77. The average molecular weight is 463 g/mol. The zero-order chi connectivity index (χ0) is 23.7. The lowest BCUT2D eigenvalue weighted by Gasteiger charge is -2.26. The minimum atomic E-state index is 0.449. The molecule has 0 fully saturated rings. The summed E-state index contributed by atoms with van der Waals surface area (Å²) in [5, 5.41) is 8.27. The van der Waals surface area contributed by atoms with Gasteiger partial charge in [-0.15, -0.1) is 0 Å². The number of pyridine rings is 1. The van der Waals surface area contributed by atoms with Gasteiger partial charge in [0.15, 0.2) is 6.20 Å². The van der Waals surface area contributed by atoms with Crippen LogP contribution in [-0.2, 0) is 13.5 Å². The molecule has 0 N–H and O–H groups in total.